The maximum Gasteiger partial charge on any atom is 1.00 e. The van der Waals surface area contributed by atoms with E-state index in [9.17, 15) is 8.63 Å². The average Bonchev–Trinajstić information content (AvgIpc) is 0.811. The summed E-state index contributed by atoms with van der Waals surface area (Å²) in [5.74, 6) is 0. The van der Waals surface area contributed by atoms with Crippen LogP contribution in [0, 0.1) is 0 Å². The van der Waals surface area contributed by atoms with Gasteiger partial charge in [-0.2, -0.15) is 0 Å². The first kappa shape index (κ1) is 9.08. The molecule has 0 N–H and O–H groups in total. The molecule has 0 rings (SSSR count). The predicted molar refractivity (Wildman–Crippen MR) is 7.97 cm³/mol. The molecule has 0 aromatic carbocycles. The monoisotopic (exact) mass is 72.0 g/mol. The van der Waals surface area contributed by atoms with Gasteiger partial charge in [0.15, 0.2) is 0 Å². The van der Waals surface area contributed by atoms with Gasteiger partial charge in [0.2, 0.25) is 0 Å². The Morgan fingerprint density at radius 1 is 1.40 bits per heavy atom. The molecule has 0 saturated heterocycles. The van der Waals surface area contributed by atoms with Crippen molar-refractivity contribution < 1.29 is 32.5 Å². The van der Waals surface area contributed by atoms with E-state index in [0.29, 0.717) is 0 Å². The van der Waals surface area contributed by atoms with Crippen LogP contribution in [-0.2, 0) is 0 Å². The molecule has 0 fully saturated rings. The second kappa shape index (κ2) is 4.48. The van der Waals surface area contributed by atoms with Gasteiger partial charge in [-0.05, 0) is 0 Å². The summed E-state index contributed by atoms with van der Waals surface area (Å²) < 4.78 is 19.6. The van der Waals surface area contributed by atoms with Gasteiger partial charge in [0.25, 0.3) is 0 Å². The molecule has 0 unspecified atom stereocenters. The molecule has 0 bridgehead atoms. The fraction of sp³-hybridized carbons (Fsp3) is 0. The molecule has 0 heterocycles. The molecule has 0 aliphatic rings. The molecular formula is BF2LiO. The van der Waals surface area contributed by atoms with Gasteiger partial charge in [-0.1, -0.05) is 0 Å². The molecule has 0 aromatic heterocycles. The van der Waals surface area contributed by atoms with Gasteiger partial charge < -0.3 is 13.7 Å². The van der Waals surface area contributed by atoms with E-state index in [4.69, 9.17) is 5.02 Å². The van der Waals surface area contributed by atoms with Crippen LogP contribution < -0.4 is 23.9 Å². The van der Waals surface area contributed by atoms with Gasteiger partial charge in [-0.25, -0.2) is 0 Å². The molecular weight excluding hydrogens is 71.7 g/mol. The van der Waals surface area contributed by atoms with E-state index in [1.54, 1.807) is 0 Å². The van der Waals surface area contributed by atoms with Crippen LogP contribution in [0.3, 0.4) is 0 Å². The minimum atomic E-state index is -3.42. The van der Waals surface area contributed by atoms with E-state index in [1.807, 2.05) is 0 Å². The van der Waals surface area contributed by atoms with Gasteiger partial charge in [-0.15, -0.1) is 0 Å². The van der Waals surface area contributed by atoms with Crippen molar-refractivity contribution in [3.8, 4) is 0 Å². The maximum atomic E-state index is 9.78. The largest absolute Gasteiger partial charge is 1.00 e. The van der Waals surface area contributed by atoms with Crippen LogP contribution in [0.1, 0.15) is 0 Å². The Labute approximate surface area is 40.8 Å². The molecule has 0 radical (unpaired) electrons. The molecule has 0 saturated carbocycles. The van der Waals surface area contributed by atoms with Crippen molar-refractivity contribution in [2.75, 3.05) is 0 Å². The third-order valence-corrected chi connectivity index (χ3v) is 0. The van der Waals surface area contributed by atoms with E-state index in [1.165, 1.54) is 0 Å². The Morgan fingerprint density at radius 2 is 1.40 bits per heavy atom. The van der Waals surface area contributed by atoms with Crippen LogP contribution in [0.4, 0.5) is 8.63 Å². The quantitative estimate of drug-likeness (QED) is 0.270. The van der Waals surface area contributed by atoms with Crippen LogP contribution in [-0.4, -0.2) is 7.47 Å². The Bertz CT molecular complexity index is 14.4. The average molecular weight is 71.7 g/mol. The number of halogens is 2. The Balaban J connectivity index is 0. The third-order valence-electron chi connectivity index (χ3n) is 0. The van der Waals surface area contributed by atoms with Crippen molar-refractivity contribution in [2.24, 2.45) is 0 Å². The Morgan fingerprint density at radius 3 is 1.40 bits per heavy atom. The first-order valence-corrected chi connectivity index (χ1v) is 0.672. The number of rotatable bonds is 0. The molecule has 0 aliphatic heterocycles. The molecule has 0 amide bonds. The topological polar surface area (TPSA) is 23.1 Å². The molecule has 24 valence electrons. The van der Waals surface area contributed by atoms with Gasteiger partial charge >= 0.3 is 26.3 Å². The minimum Gasteiger partial charge on any atom is -0.824 e. The molecule has 5 heteroatoms. The van der Waals surface area contributed by atoms with Gasteiger partial charge in [0.05, 0.1) is 0 Å². The van der Waals surface area contributed by atoms with Crippen LogP contribution in [0.15, 0.2) is 0 Å². The van der Waals surface area contributed by atoms with Crippen molar-refractivity contribution in [1.82, 2.24) is 0 Å². The van der Waals surface area contributed by atoms with E-state index < -0.39 is 7.47 Å². The summed E-state index contributed by atoms with van der Waals surface area (Å²) in [5, 5.41) is 8.19. The normalized spacial score (nSPS) is 5.40. The predicted octanol–water partition coefficient (Wildman–Crippen LogP) is -3.73. The molecule has 5 heavy (non-hydrogen) atoms. The second-order valence-electron chi connectivity index (χ2n) is 0.261. The van der Waals surface area contributed by atoms with Gasteiger partial charge in [0.1, 0.15) is 0 Å². The van der Waals surface area contributed by atoms with Gasteiger partial charge in [0, 0.05) is 0 Å². The fourth-order valence-electron chi connectivity index (χ4n) is 0. The SMILES string of the molecule is [Li+].[O-]B(F)F. The molecule has 0 spiro atoms. The summed E-state index contributed by atoms with van der Waals surface area (Å²) in [6, 6.07) is 0. The number of hydrogen-bond acceptors (Lipinski definition) is 1. The zero-order valence-corrected chi connectivity index (χ0v) is 2.74. The van der Waals surface area contributed by atoms with E-state index in [-0.39, 0.29) is 18.9 Å². The third kappa shape index (κ3) is 119. The first-order chi connectivity index (χ1) is 1.73. The zero-order valence-electron chi connectivity index (χ0n) is 2.74. The second-order valence-corrected chi connectivity index (χ2v) is 0.261. The summed E-state index contributed by atoms with van der Waals surface area (Å²) >= 11 is 0. The first-order valence-electron chi connectivity index (χ1n) is 0.672. The van der Waals surface area contributed by atoms with E-state index in [2.05, 4.69) is 0 Å². The molecule has 0 atom stereocenters. The van der Waals surface area contributed by atoms with Crippen LogP contribution in [0.25, 0.3) is 0 Å². The van der Waals surface area contributed by atoms with Gasteiger partial charge in [-0.3, -0.25) is 0 Å². The summed E-state index contributed by atoms with van der Waals surface area (Å²) in [7, 11) is -3.42. The van der Waals surface area contributed by atoms with Crippen LogP contribution in [0.2, 0.25) is 0 Å². The van der Waals surface area contributed by atoms with Crippen LogP contribution in [0.5, 0.6) is 0 Å². The Hall–Kier alpha value is 0.482. The molecule has 0 aliphatic carbocycles. The summed E-state index contributed by atoms with van der Waals surface area (Å²) in [5.41, 5.74) is 0. The van der Waals surface area contributed by atoms with Crippen molar-refractivity contribution in [1.29, 1.82) is 0 Å². The fourth-order valence-corrected chi connectivity index (χ4v) is 0. The molecule has 1 nitrogen and oxygen atoms in total. The smallest absolute Gasteiger partial charge is 0.824 e. The van der Waals surface area contributed by atoms with Crippen LogP contribution >= 0.6 is 0 Å². The number of hydrogen-bond donors (Lipinski definition) is 0. The van der Waals surface area contributed by atoms with Crippen molar-refractivity contribution in [3.63, 3.8) is 0 Å². The van der Waals surface area contributed by atoms with E-state index in [0.717, 1.165) is 0 Å². The van der Waals surface area contributed by atoms with E-state index >= 15 is 0 Å². The summed E-state index contributed by atoms with van der Waals surface area (Å²) in [6.07, 6.45) is 0. The van der Waals surface area contributed by atoms with Crippen molar-refractivity contribution in [3.05, 3.63) is 0 Å². The standard InChI is InChI=1S/BF2O.Li/c2-1(3)4;/q-1;+1. The molecule has 0 aromatic rings. The van der Waals surface area contributed by atoms with Crippen molar-refractivity contribution in [2.45, 2.75) is 0 Å². The van der Waals surface area contributed by atoms with Crippen molar-refractivity contribution >= 4 is 7.47 Å². The maximum absolute atomic E-state index is 9.78. The zero-order chi connectivity index (χ0) is 3.58. The summed E-state index contributed by atoms with van der Waals surface area (Å²) in [6.45, 7) is 0. The minimum absolute atomic E-state index is 0. The Kier molecular flexibility index (Phi) is 8.14. The summed E-state index contributed by atoms with van der Waals surface area (Å²) in [4.78, 5) is 0.